The summed E-state index contributed by atoms with van der Waals surface area (Å²) in [5.41, 5.74) is 0.566. The fourth-order valence-corrected chi connectivity index (χ4v) is 4.42. The molecule has 0 saturated carbocycles. The Labute approximate surface area is 198 Å². The minimum absolute atomic E-state index is 0.0570. The molecule has 2 aromatic rings. The number of carbonyl (C=O) groups excluding carboxylic acids is 1. The zero-order valence-corrected chi connectivity index (χ0v) is 20.3. The van der Waals surface area contributed by atoms with Crippen LogP contribution >= 0.6 is 0 Å². The number of nitrogens with zero attached hydrogens (tertiary/aromatic N) is 2. The summed E-state index contributed by atoms with van der Waals surface area (Å²) in [4.78, 5) is 28.0. The average Bonchev–Trinajstić information content (AvgIpc) is 2.77. The lowest BCUT2D eigenvalue weighted by molar-refractivity contribution is 0.0631. The fraction of sp³-hybridized carbons (Fsp3) is 0.417. The molecule has 1 heterocycles. The van der Waals surface area contributed by atoms with Crippen LogP contribution in [0.4, 0.5) is 4.39 Å². The summed E-state index contributed by atoms with van der Waals surface area (Å²) in [6.07, 6.45) is 1.33. The fourth-order valence-electron chi connectivity index (χ4n) is 3.77. The first-order valence-electron chi connectivity index (χ1n) is 11.0. The van der Waals surface area contributed by atoms with Crippen molar-refractivity contribution < 1.29 is 32.2 Å². The Morgan fingerprint density at radius 2 is 1.76 bits per heavy atom. The standard InChI is InChI=1S/C24H29FN2O6S/c1-16(2)33-22-7-6-19(34(3,31)32)15-20(22)23(28)27-12-10-26(11-13-27)9-8-17-4-5-18(24(29)30)14-21(17)25/h4-7,14-16H,8-13H2,1-3H3,(H,29,30). The van der Waals surface area contributed by atoms with Crippen molar-refractivity contribution in [3.8, 4) is 5.75 Å². The second kappa shape index (κ2) is 10.5. The number of amides is 1. The molecule has 2 aromatic carbocycles. The molecule has 34 heavy (non-hydrogen) atoms. The molecule has 8 nitrogen and oxygen atoms in total. The van der Waals surface area contributed by atoms with Gasteiger partial charge in [-0.15, -0.1) is 0 Å². The number of benzene rings is 2. The third kappa shape index (κ3) is 6.32. The van der Waals surface area contributed by atoms with E-state index in [1.165, 1.54) is 30.3 Å². The minimum atomic E-state index is -3.49. The molecule has 1 fully saturated rings. The Morgan fingerprint density at radius 1 is 1.09 bits per heavy atom. The van der Waals surface area contributed by atoms with Crippen LogP contribution in [0.1, 0.15) is 40.1 Å². The second-order valence-corrected chi connectivity index (χ2v) is 10.6. The molecule has 1 N–H and O–H groups in total. The third-order valence-electron chi connectivity index (χ3n) is 5.63. The monoisotopic (exact) mass is 492 g/mol. The zero-order chi connectivity index (χ0) is 25.0. The first kappa shape index (κ1) is 25.6. The number of ether oxygens (including phenoxy) is 1. The number of aromatic carboxylic acids is 1. The van der Waals surface area contributed by atoms with Crippen LogP contribution in [0.5, 0.6) is 5.75 Å². The predicted molar refractivity (Wildman–Crippen MR) is 125 cm³/mol. The molecule has 0 aromatic heterocycles. The molecule has 0 spiro atoms. The summed E-state index contributed by atoms with van der Waals surface area (Å²) in [6, 6.07) is 8.22. The summed E-state index contributed by atoms with van der Waals surface area (Å²) in [6.45, 7) is 6.24. The Hall–Kier alpha value is -2.98. The summed E-state index contributed by atoms with van der Waals surface area (Å²) < 4.78 is 43.9. The Kier molecular flexibility index (Phi) is 7.93. The Morgan fingerprint density at radius 3 is 2.32 bits per heavy atom. The van der Waals surface area contributed by atoms with Crippen molar-refractivity contribution in [2.24, 2.45) is 0 Å². The topological polar surface area (TPSA) is 104 Å². The molecule has 0 aliphatic carbocycles. The van der Waals surface area contributed by atoms with Crippen molar-refractivity contribution in [1.29, 1.82) is 0 Å². The van der Waals surface area contributed by atoms with Crippen molar-refractivity contribution in [2.75, 3.05) is 39.0 Å². The lowest BCUT2D eigenvalue weighted by atomic mass is 10.1. The van der Waals surface area contributed by atoms with Gasteiger partial charge in [-0.2, -0.15) is 0 Å². The van der Waals surface area contributed by atoms with E-state index in [0.717, 1.165) is 12.3 Å². The molecule has 0 bridgehead atoms. The van der Waals surface area contributed by atoms with Gasteiger partial charge in [-0.1, -0.05) is 6.07 Å². The number of carboxylic acids is 1. The molecule has 10 heteroatoms. The molecule has 1 saturated heterocycles. The largest absolute Gasteiger partial charge is 0.490 e. The Bertz CT molecular complexity index is 1170. The van der Waals surface area contributed by atoms with Gasteiger partial charge in [-0.05, 0) is 56.2 Å². The van der Waals surface area contributed by atoms with Crippen molar-refractivity contribution in [3.63, 3.8) is 0 Å². The molecule has 184 valence electrons. The highest BCUT2D eigenvalue weighted by Crippen LogP contribution is 2.26. The number of rotatable bonds is 8. The van der Waals surface area contributed by atoms with E-state index in [4.69, 9.17) is 9.84 Å². The summed E-state index contributed by atoms with van der Waals surface area (Å²) in [7, 11) is -3.49. The van der Waals surface area contributed by atoms with Gasteiger partial charge in [0.2, 0.25) is 0 Å². The molecule has 0 radical (unpaired) electrons. The highest BCUT2D eigenvalue weighted by Gasteiger charge is 2.26. The minimum Gasteiger partial charge on any atom is -0.490 e. The lowest BCUT2D eigenvalue weighted by Gasteiger charge is -2.35. The van der Waals surface area contributed by atoms with Crippen LogP contribution in [-0.2, 0) is 16.3 Å². The van der Waals surface area contributed by atoms with Gasteiger partial charge in [-0.3, -0.25) is 9.69 Å². The Balaban J connectivity index is 1.65. The van der Waals surface area contributed by atoms with E-state index in [9.17, 15) is 22.4 Å². The highest BCUT2D eigenvalue weighted by atomic mass is 32.2. The quantitative estimate of drug-likeness (QED) is 0.604. The van der Waals surface area contributed by atoms with Crippen LogP contribution in [0.25, 0.3) is 0 Å². The normalized spacial score (nSPS) is 14.9. The van der Waals surface area contributed by atoms with Gasteiger partial charge >= 0.3 is 5.97 Å². The van der Waals surface area contributed by atoms with Gasteiger partial charge in [-0.25, -0.2) is 17.6 Å². The van der Waals surface area contributed by atoms with E-state index < -0.39 is 21.6 Å². The van der Waals surface area contributed by atoms with Crippen molar-refractivity contribution in [3.05, 3.63) is 58.9 Å². The van der Waals surface area contributed by atoms with E-state index in [1.807, 2.05) is 13.8 Å². The molecular formula is C24H29FN2O6S. The summed E-state index contributed by atoms with van der Waals surface area (Å²) in [5.74, 6) is -1.67. The summed E-state index contributed by atoms with van der Waals surface area (Å²) >= 11 is 0. The maximum Gasteiger partial charge on any atom is 0.335 e. The highest BCUT2D eigenvalue weighted by molar-refractivity contribution is 7.90. The summed E-state index contributed by atoms with van der Waals surface area (Å²) in [5, 5.41) is 8.96. The lowest BCUT2D eigenvalue weighted by Crippen LogP contribution is -2.49. The maximum absolute atomic E-state index is 14.2. The van der Waals surface area contributed by atoms with Crippen molar-refractivity contribution >= 4 is 21.7 Å². The van der Waals surface area contributed by atoms with Crippen LogP contribution in [0.3, 0.4) is 0 Å². The van der Waals surface area contributed by atoms with Crippen LogP contribution in [0, 0.1) is 5.82 Å². The van der Waals surface area contributed by atoms with E-state index in [-0.39, 0.29) is 28.0 Å². The van der Waals surface area contributed by atoms with Crippen molar-refractivity contribution in [2.45, 2.75) is 31.3 Å². The molecular weight excluding hydrogens is 463 g/mol. The SMILES string of the molecule is CC(C)Oc1ccc(S(C)(=O)=O)cc1C(=O)N1CCN(CCc2ccc(C(=O)O)cc2F)CC1. The molecule has 0 unspecified atom stereocenters. The van der Waals surface area contributed by atoms with Crippen LogP contribution < -0.4 is 4.74 Å². The van der Waals surface area contributed by atoms with Crippen LogP contribution in [-0.4, -0.2) is 80.3 Å². The van der Waals surface area contributed by atoms with E-state index in [2.05, 4.69) is 4.90 Å². The van der Waals surface area contributed by atoms with E-state index in [1.54, 1.807) is 4.90 Å². The first-order chi connectivity index (χ1) is 16.0. The van der Waals surface area contributed by atoms with Gasteiger partial charge in [0, 0.05) is 39.0 Å². The number of hydrogen-bond acceptors (Lipinski definition) is 6. The predicted octanol–water partition coefficient (Wildman–Crippen LogP) is 2.72. The molecule has 1 aliphatic rings. The molecule has 1 amide bonds. The van der Waals surface area contributed by atoms with E-state index in [0.29, 0.717) is 50.5 Å². The van der Waals surface area contributed by atoms with Gasteiger partial charge in [0.15, 0.2) is 9.84 Å². The maximum atomic E-state index is 14.2. The number of piperazine rings is 1. The van der Waals surface area contributed by atoms with E-state index >= 15 is 0 Å². The second-order valence-electron chi connectivity index (χ2n) is 8.59. The molecule has 3 rings (SSSR count). The molecule has 1 aliphatic heterocycles. The smallest absolute Gasteiger partial charge is 0.335 e. The number of carboxylic acid groups (broad SMARTS) is 1. The first-order valence-corrected chi connectivity index (χ1v) is 12.9. The zero-order valence-electron chi connectivity index (χ0n) is 19.5. The van der Waals surface area contributed by atoms with Crippen LogP contribution in [0.2, 0.25) is 0 Å². The number of halogens is 1. The number of carbonyl (C=O) groups is 2. The van der Waals surface area contributed by atoms with Crippen LogP contribution in [0.15, 0.2) is 41.3 Å². The van der Waals surface area contributed by atoms with Gasteiger partial charge in [0.25, 0.3) is 5.91 Å². The molecule has 0 atom stereocenters. The third-order valence-corrected chi connectivity index (χ3v) is 6.74. The number of hydrogen-bond donors (Lipinski definition) is 1. The van der Waals surface area contributed by atoms with Crippen molar-refractivity contribution in [1.82, 2.24) is 9.80 Å². The van der Waals surface area contributed by atoms with Gasteiger partial charge < -0.3 is 14.7 Å². The van der Waals surface area contributed by atoms with Gasteiger partial charge in [0.1, 0.15) is 11.6 Å². The number of sulfone groups is 1. The van der Waals surface area contributed by atoms with Gasteiger partial charge in [0.05, 0.1) is 22.1 Å². The average molecular weight is 493 g/mol.